The summed E-state index contributed by atoms with van der Waals surface area (Å²) in [5.41, 5.74) is 0.638. The molecule has 1 aromatic heterocycles. The van der Waals surface area contributed by atoms with Gasteiger partial charge < -0.3 is 19.7 Å². The Morgan fingerprint density at radius 3 is 2.51 bits per heavy atom. The lowest BCUT2D eigenvalue weighted by atomic mass is 10.1. The monoisotopic (exact) mass is 628 g/mol. The van der Waals surface area contributed by atoms with Crippen LogP contribution in [-0.4, -0.2) is 66.9 Å². The fraction of sp³-hybridized carbons (Fsp3) is 0.444. The van der Waals surface area contributed by atoms with E-state index in [1.54, 1.807) is 37.8 Å². The summed E-state index contributed by atoms with van der Waals surface area (Å²) in [6.07, 6.45) is 2.21. The number of benzene rings is 2. The Bertz CT molecular complexity index is 1540. The lowest BCUT2D eigenvalue weighted by molar-refractivity contribution is -0.133. The minimum atomic E-state index is -3.76. The van der Waals surface area contributed by atoms with Crippen LogP contribution < -0.4 is 14.8 Å². The van der Waals surface area contributed by atoms with Gasteiger partial charge in [-0.3, -0.25) is 8.98 Å². The van der Waals surface area contributed by atoms with Crippen LogP contribution in [0.2, 0.25) is 10.0 Å². The second-order valence-corrected chi connectivity index (χ2v) is 13.6. The first-order chi connectivity index (χ1) is 19.3. The smallest absolute Gasteiger partial charge is 0.272 e. The summed E-state index contributed by atoms with van der Waals surface area (Å²) < 4.78 is 54.7. The van der Waals surface area contributed by atoms with Gasteiger partial charge in [0.05, 0.1) is 46.1 Å². The number of ether oxygens (including phenoxy) is 2. The van der Waals surface area contributed by atoms with Gasteiger partial charge in [0.2, 0.25) is 5.91 Å². The Balaban J connectivity index is 1.43. The number of rotatable bonds is 9. The van der Waals surface area contributed by atoms with E-state index >= 15 is 0 Å². The van der Waals surface area contributed by atoms with Crippen LogP contribution in [0, 0.1) is 5.82 Å². The van der Waals surface area contributed by atoms with Crippen molar-refractivity contribution in [1.82, 2.24) is 14.9 Å². The van der Waals surface area contributed by atoms with Crippen molar-refractivity contribution in [1.29, 1.82) is 0 Å². The van der Waals surface area contributed by atoms with Crippen LogP contribution in [0.3, 0.4) is 0 Å². The number of fused-ring (bicyclic) bond motifs is 1. The van der Waals surface area contributed by atoms with Crippen molar-refractivity contribution in [2.45, 2.75) is 50.9 Å². The molecule has 1 N–H and O–H groups in total. The topological polar surface area (TPSA) is 120 Å². The minimum absolute atomic E-state index is 0.0332. The van der Waals surface area contributed by atoms with E-state index in [-0.39, 0.29) is 40.8 Å². The molecule has 0 bridgehead atoms. The highest BCUT2D eigenvalue weighted by molar-refractivity contribution is 7.88. The van der Waals surface area contributed by atoms with Gasteiger partial charge in [-0.15, -0.1) is 0 Å². The van der Waals surface area contributed by atoms with Gasteiger partial charge in [-0.2, -0.15) is 8.42 Å². The number of carbonyl (C=O) groups is 1. The fourth-order valence-electron chi connectivity index (χ4n) is 4.14. The van der Waals surface area contributed by atoms with E-state index in [0.717, 1.165) is 0 Å². The molecule has 0 atom stereocenters. The van der Waals surface area contributed by atoms with Gasteiger partial charge in [0, 0.05) is 37.4 Å². The van der Waals surface area contributed by atoms with Gasteiger partial charge in [-0.05, 0) is 39.0 Å². The summed E-state index contributed by atoms with van der Waals surface area (Å²) in [6.45, 7) is 5.31. The normalized spacial score (nSPS) is 14.8. The number of hydrogen-bond acceptors (Lipinski definition) is 9. The molecule has 41 heavy (non-hydrogen) atoms. The molecule has 1 aliphatic heterocycles. The number of methoxy groups -OCH3 is 1. The Kier molecular flexibility index (Phi) is 9.47. The average molecular weight is 630 g/mol. The van der Waals surface area contributed by atoms with Crippen LogP contribution in [0.5, 0.6) is 11.5 Å². The fourth-order valence-corrected chi connectivity index (χ4v) is 5.11. The third-order valence-corrected chi connectivity index (χ3v) is 9.36. The van der Waals surface area contributed by atoms with Crippen molar-refractivity contribution in [3.05, 3.63) is 46.5 Å². The summed E-state index contributed by atoms with van der Waals surface area (Å²) in [6, 6.07) is 6.36. The molecule has 10 nitrogen and oxygen atoms in total. The largest absolute Gasteiger partial charge is 0.493 e. The van der Waals surface area contributed by atoms with Gasteiger partial charge in [-0.1, -0.05) is 23.2 Å². The second kappa shape index (κ2) is 12.5. The number of likely N-dealkylation sites (tertiary alicyclic amines) is 1. The zero-order valence-corrected chi connectivity index (χ0v) is 25.4. The van der Waals surface area contributed by atoms with Crippen LogP contribution in [0.4, 0.5) is 15.9 Å². The maximum atomic E-state index is 14.7. The Morgan fingerprint density at radius 2 is 1.85 bits per heavy atom. The van der Waals surface area contributed by atoms with E-state index < -0.39 is 20.7 Å². The predicted molar refractivity (Wildman–Crippen MR) is 155 cm³/mol. The maximum absolute atomic E-state index is 14.7. The average Bonchev–Trinajstić information content (AvgIpc) is 2.93. The predicted octanol–water partition coefficient (Wildman–Crippen LogP) is 5.73. The number of aromatic nitrogens is 2. The molecule has 2 aromatic carbocycles. The van der Waals surface area contributed by atoms with E-state index in [0.29, 0.717) is 54.2 Å². The number of nitrogens with one attached hydrogen (secondary N) is 1. The molecule has 222 valence electrons. The molecular weight excluding hydrogens is 598 g/mol. The van der Waals surface area contributed by atoms with Crippen LogP contribution in [0.1, 0.15) is 40.0 Å². The quantitative estimate of drug-likeness (QED) is 0.234. The van der Waals surface area contributed by atoms with Gasteiger partial charge in [0.1, 0.15) is 18.2 Å². The van der Waals surface area contributed by atoms with Crippen LogP contribution in [0.15, 0.2) is 30.6 Å². The minimum Gasteiger partial charge on any atom is -0.493 e. The molecule has 1 aliphatic rings. The van der Waals surface area contributed by atoms with E-state index in [9.17, 15) is 17.6 Å². The molecule has 0 aliphatic carbocycles. The number of hydrogen-bond donors (Lipinski definition) is 1. The van der Waals surface area contributed by atoms with Crippen molar-refractivity contribution in [3.63, 3.8) is 0 Å². The summed E-state index contributed by atoms with van der Waals surface area (Å²) in [4.78, 5) is 22.9. The van der Waals surface area contributed by atoms with Crippen LogP contribution in [-0.2, 0) is 19.1 Å². The van der Waals surface area contributed by atoms with Gasteiger partial charge in [0.15, 0.2) is 17.3 Å². The molecule has 3 aromatic rings. The summed E-state index contributed by atoms with van der Waals surface area (Å²) in [7, 11) is -2.25. The molecule has 0 radical (unpaired) electrons. The first-order valence-corrected chi connectivity index (χ1v) is 15.0. The Labute approximate surface area is 248 Å². The highest BCUT2D eigenvalue weighted by atomic mass is 35.5. The third-order valence-electron chi connectivity index (χ3n) is 6.60. The number of carbonyl (C=O) groups excluding carboxylic acids is 1. The first-order valence-electron chi connectivity index (χ1n) is 12.9. The van der Waals surface area contributed by atoms with Crippen molar-refractivity contribution in [3.8, 4) is 11.5 Å². The summed E-state index contributed by atoms with van der Waals surface area (Å²) >= 11 is 11.9. The van der Waals surface area contributed by atoms with Crippen molar-refractivity contribution >= 4 is 61.6 Å². The Morgan fingerprint density at radius 1 is 1.15 bits per heavy atom. The number of nitrogens with zero attached hydrogens (tertiary/aromatic N) is 3. The highest BCUT2D eigenvalue weighted by Crippen LogP contribution is 2.37. The SMILES string of the molecule is COc1cc2ncnc(Nc3ccc(Cl)c(Cl)c3F)c2cc1OC1CCN(C(=O)CCOS(=O)(=O)C(C)(C)C)CC1. The molecule has 4 rings (SSSR count). The molecule has 14 heteroatoms. The number of halogens is 3. The van der Waals surface area contributed by atoms with Crippen LogP contribution in [0.25, 0.3) is 10.9 Å². The Hall–Kier alpha value is -2.93. The zero-order chi connectivity index (χ0) is 29.9. The number of amides is 1. The zero-order valence-electron chi connectivity index (χ0n) is 23.0. The summed E-state index contributed by atoms with van der Waals surface area (Å²) in [5, 5.41) is 3.40. The number of piperidine rings is 1. The second-order valence-electron chi connectivity index (χ2n) is 10.4. The molecule has 1 fully saturated rings. The van der Waals surface area contributed by atoms with Crippen molar-refractivity contribution in [2.75, 3.05) is 32.1 Å². The van der Waals surface area contributed by atoms with Gasteiger partial charge in [-0.25, -0.2) is 14.4 Å². The van der Waals surface area contributed by atoms with E-state index in [2.05, 4.69) is 15.3 Å². The molecule has 0 unspecified atom stereocenters. The lowest BCUT2D eigenvalue weighted by Gasteiger charge is -2.32. The van der Waals surface area contributed by atoms with E-state index in [1.807, 2.05) is 0 Å². The van der Waals surface area contributed by atoms with E-state index in [1.165, 1.54) is 25.6 Å². The summed E-state index contributed by atoms with van der Waals surface area (Å²) in [5.74, 6) is 0.338. The molecule has 0 spiro atoms. The molecular formula is C27H31Cl2FN4O6S. The van der Waals surface area contributed by atoms with Gasteiger partial charge in [0.25, 0.3) is 10.1 Å². The number of anilines is 2. The third kappa shape index (κ3) is 7.11. The lowest BCUT2D eigenvalue weighted by Crippen LogP contribution is -2.42. The standard InChI is InChI=1S/C27H31Cl2FN4O6S/c1-27(2,3)41(36,37)39-12-9-23(35)34-10-7-16(8-11-34)40-22-13-17-20(14-21(22)38-4)31-15-32-26(17)33-19-6-5-18(28)24(29)25(19)30/h5-6,13-16H,7-12H2,1-4H3,(H,31,32,33). The maximum Gasteiger partial charge on any atom is 0.272 e. The molecule has 2 heterocycles. The molecule has 1 saturated heterocycles. The first kappa shape index (κ1) is 31.0. The van der Waals surface area contributed by atoms with E-state index in [4.69, 9.17) is 36.9 Å². The van der Waals surface area contributed by atoms with Gasteiger partial charge >= 0.3 is 0 Å². The molecule has 1 amide bonds. The van der Waals surface area contributed by atoms with Crippen molar-refractivity contribution < 1.29 is 31.3 Å². The highest BCUT2D eigenvalue weighted by Gasteiger charge is 2.31. The molecule has 0 saturated carbocycles. The van der Waals surface area contributed by atoms with Crippen molar-refractivity contribution in [2.24, 2.45) is 0 Å². The van der Waals surface area contributed by atoms with Crippen LogP contribution >= 0.6 is 23.2 Å².